The lowest BCUT2D eigenvalue weighted by molar-refractivity contribution is 0.0911. The van der Waals surface area contributed by atoms with E-state index in [0.29, 0.717) is 11.7 Å². The van der Waals surface area contributed by atoms with Crippen molar-refractivity contribution in [2.45, 2.75) is 57.3 Å². The molecule has 0 amide bonds. The fraction of sp³-hybridized carbons (Fsp3) is 0.303. The van der Waals surface area contributed by atoms with Crippen molar-refractivity contribution in [1.29, 1.82) is 0 Å². The summed E-state index contributed by atoms with van der Waals surface area (Å²) < 4.78 is 0. The third kappa shape index (κ3) is 3.88. The number of carbonyl (C=O) groups is 1. The minimum atomic E-state index is 0.0152. The van der Waals surface area contributed by atoms with Gasteiger partial charge < -0.3 is 0 Å². The van der Waals surface area contributed by atoms with E-state index < -0.39 is 0 Å². The van der Waals surface area contributed by atoms with Gasteiger partial charge in [0.05, 0.1) is 0 Å². The SMILES string of the molecule is Cc1cc2cc3c(cc2cc1C1CC(c2ccccc2)CC1C(=O)c1ccccc1)CCCC3. The minimum absolute atomic E-state index is 0.0152. The van der Waals surface area contributed by atoms with E-state index in [1.54, 1.807) is 0 Å². The summed E-state index contributed by atoms with van der Waals surface area (Å²) in [6.07, 6.45) is 6.97. The summed E-state index contributed by atoms with van der Waals surface area (Å²) >= 11 is 0. The van der Waals surface area contributed by atoms with Crippen LogP contribution < -0.4 is 0 Å². The lowest BCUT2D eigenvalue weighted by atomic mass is 9.80. The van der Waals surface area contributed by atoms with Crippen LogP contribution in [0.2, 0.25) is 0 Å². The van der Waals surface area contributed by atoms with E-state index in [0.717, 1.165) is 18.4 Å². The van der Waals surface area contributed by atoms with Crippen molar-refractivity contribution in [3.63, 3.8) is 0 Å². The molecular formula is C33H32O. The fourth-order valence-corrected chi connectivity index (χ4v) is 6.56. The lowest BCUT2D eigenvalue weighted by Gasteiger charge is -2.23. The third-order valence-corrected chi connectivity index (χ3v) is 8.31. The molecule has 34 heavy (non-hydrogen) atoms. The summed E-state index contributed by atoms with van der Waals surface area (Å²) in [5, 5.41) is 2.70. The van der Waals surface area contributed by atoms with Gasteiger partial charge in [0.15, 0.2) is 5.78 Å². The van der Waals surface area contributed by atoms with E-state index in [1.807, 2.05) is 30.3 Å². The van der Waals surface area contributed by atoms with Gasteiger partial charge in [-0.25, -0.2) is 0 Å². The molecule has 4 aromatic carbocycles. The van der Waals surface area contributed by atoms with E-state index in [1.165, 1.54) is 64.3 Å². The molecule has 1 heteroatoms. The first-order valence-corrected chi connectivity index (χ1v) is 12.9. The zero-order valence-corrected chi connectivity index (χ0v) is 20.0. The van der Waals surface area contributed by atoms with Gasteiger partial charge in [-0.3, -0.25) is 4.79 Å². The van der Waals surface area contributed by atoms with Crippen LogP contribution in [0, 0.1) is 12.8 Å². The quantitative estimate of drug-likeness (QED) is 0.290. The van der Waals surface area contributed by atoms with E-state index in [-0.39, 0.29) is 11.8 Å². The highest BCUT2D eigenvalue weighted by Gasteiger charge is 2.40. The van der Waals surface area contributed by atoms with Crippen LogP contribution in [-0.4, -0.2) is 5.78 Å². The van der Waals surface area contributed by atoms with Crippen molar-refractivity contribution in [2.75, 3.05) is 0 Å². The van der Waals surface area contributed by atoms with Crippen molar-refractivity contribution in [1.82, 2.24) is 0 Å². The molecule has 0 saturated heterocycles. The molecule has 170 valence electrons. The van der Waals surface area contributed by atoms with Crippen molar-refractivity contribution in [3.8, 4) is 0 Å². The number of carbonyl (C=O) groups excluding carboxylic acids is 1. The summed E-state index contributed by atoms with van der Waals surface area (Å²) in [6, 6.07) is 30.4. The number of benzene rings is 4. The Bertz CT molecular complexity index is 1340. The van der Waals surface area contributed by atoms with Crippen LogP contribution in [0.4, 0.5) is 0 Å². The Morgan fingerprint density at radius 1 is 0.735 bits per heavy atom. The van der Waals surface area contributed by atoms with Crippen LogP contribution in [0.25, 0.3) is 10.8 Å². The molecule has 3 atom stereocenters. The molecule has 2 aliphatic carbocycles. The molecule has 1 nitrogen and oxygen atoms in total. The normalized spacial score (nSPS) is 22.0. The Hall–Kier alpha value is -3.19. The minimum Gasteiger partial charge on any atom is -0.294 e. The van der Waals surface area contributed by atoms with Gasteiger partial charge in [0.1, 0.15) is 0 Å². The summed E-state index contributed by atoms with van der Waals surface area (Å²) in [5.41, 5.74) is 7.97. The maximum Gasteiger partial charge on any atom is 0.166 e. The molecule has 0 N–H and O–H groups in total. The first kappa shape index (κ1) is 21.4. The van der Waals surface area contributed by atoms with Crippen molar-refractivity contribution >= 4 is 16.6 Å². The molecule has 0 aromatic heterocycles. The number of hydrogen-bond acceptors (Lipinski definition) is 1. The largest absolute Gasteiger partial charge is 0.294 e. The van der Waals surface area contributed by atoms with Gasteiger partial charge in [-0.2, -0.15) is 0 Å². The van der Waals surface area contributed by atoms with Crippen LogP contribution in [0.5, 0.6) is 0 Å². The zero-order chi connectivity index (χ0) is 23.1. The first-order chi connectivity index (χ1) is 16.7. The van der Waals surface area contributed by atoms with Crippen LogP contribution in [0.3, 0.4) is 0 Å². The highest BCUT2D eigenvalue weighted by molar-refractivity contribution is 5.99. The number of ketones is 1. The summed E-state index contributed by atoms with van der Waals surface area (Å²) in [7, 11) is 0. The van der Waals surface area contributed by atoms with Crippen LogP contribution in [0.1, 0.15) is 75.7 Å². The second kappa shape index (κ2) is 8.87. The molecule has 0 radical (unpaired) electrons. The Morgan fingerprint density at radius 2 is 1.35 bits per heavy atom. The molecule has 1 saturated carbocycles. The highest BCUT2D eigenvalue weighted by atomic mass is 16.1. The number of fused-ring (bicyclic) bond motifs is 2. The molecule has 0 aliphatic heterocycles. The fourth-order valence-electron chi connectivity index (χ4n) is 6.56. The van der Waals surface area contributed by atoms with Crippen molar-refractivity contribution < 1.29 is 4.79 Å². The molecule has 0 heterocycles. The molecule has 2 aliphatic rings. The van der Waals surface area contributed by atoms with E-state index in [4.69, 9.17) is 0 Å². The van der Waals surface area contributed by atoms with Gasteiger partial charge in [0.25, 0.3) is 0 Å². The topological polar surface area (TPSA) is 17.1 Å². The standard InChI is InChI=1S/C33H32O/c1-22-16-27-17-25-14-8-9-15-26(25)18-28(27)19-30(22)31-20-29(23-10-4-2-5-11-23)21-32(31)33(34)24-12-6-3-7-13-24/h2-7,10-13,16-19,29,31-32H,8-9,14-15,20-21H2,1H3. The van der Waals surface area contributed by atoms with Gasteiger partial charge >= 0.3 is 0 Å². The smallest absolute Gasteiger partial charge is 0.166 e. The van der Waals surface area contributed by atoms with Crippen molar-refractivity contribution in [2.24, 2.45) is 5.92 Å². The average Bonchev–Trinajstić information content (AvgIpc) is 3.33. The molecule has 6 rings (SSSR count). The summed E-state index contributed by atoms with van der Waals surface area (Å²) in [6.45, 7) is 2.24. The lowest BCUT2D eigenvalue weighted by Crippen LogP contribution is -2.18. The van der Waals surface area contributed by atoms with Crippen molar-refractivity contribution in [3.05, 3.63) is 118 Å². The number of rotatable bonds is 4. The Kier molecular flexibility index (Phi) is 5.57. The van der Waals surface area contributed by atoms with Gasteiger partial charge in [0.2, 0.25) is 0 Å². The average molecular weight is 445 g/mol. The van der Waals surface area contributed by atoms with E-state index in [2.05, 4.69) is 61.5 Å². The predicted molar refractivity (Wildman–Crippen MR) is 141 cm³/mol. The second-order valence-electron chi connectivity index (χ2n) is 10.4. The third-order valence-electron chi connectivity index (χ3n) is 8.31. The van der Waals surface area contributed by atoms with E-state index in [9.17, 15) is 4.79 Å². The van der Waals surface area contributed by atoms with Crippen LogP contribution in [0.15, 0.2) is 84.9 Å². The molecule has 1 fully saturated rings. The number of aryl methyl sites for hydroxylation is 3. The Morgan fingerprint density at radius 3 is 2.03 bits per heavy atom. The Balaban J connectivity index is 1.43. The molecule has 4 aromatic rings. The molecular weight excluding hydrogens is 412 g/mol. The highest BCUT2D eigenvalue weighted by Crippen LogP contribution is 2.50. The number of hydrogen-bond donors (Lipinski definition) is 0. The molecule has 0 spiro atoms. The zero-order valence-electron chi connectivity index (χ0n) is 20.0. The number of Topliss-reactive ketones (excluding diaryl/α,β-unsaturated/α-hetero) is 1. The van der Waals surface area contributed by atoms with Gasteiger partial charge in [-0.15, -0.1) is 0 Å². The van der Waals surface area contributed by atoms with E-state index >= 15 is 0 Å². The Labute approximate surface area is 202 Å². The predicted octanol–water partition coefficient (Wildman–Crippen LogP) is 8.19. The summed E-state index contributed by atoms with van der Waals surface area (Å²) in [4.78, 5) is 13.8. The van der Waals surface area contributed by atoms with Crippen LogP contribution in [-0.2, 0) is 12.8 Å². The maximum absolute atomic E-state index is 13.8. The maximum atomic E-state index is 13.8. The van der Waals surface area contributed by atoms with Crippen LogP contribution >= 0.6 is 0 Å². The second-order valence-corrected chi connectivity index (χ2v) is 10.4. The molecule has 3 unspecified atom stereocenters. The van der Waals surface area contributed by atoms with Gasteiger partial charge in [0, 0.05) is 11.5 Å². The van der Waals surface area contributed by atoms with Gasteiger partial charge in [-0.1, -0.05) is 84.9 Å². The first-order valence-electron chi connectivity index (χ1n) is 12.9. The molecule has 0 bridgehead atoms. The van der Waals surface area contributed by atoms with Gasteiger partial charge in [-0.05, 0) is 95.9 Å². The summed E-state index contributed by atoms with van der Waals surface area (Å²) in [5.74, 6) is 0.983. The monoisotopic (exact) mass is 444 g/mol.